The van der Waals surface area contributed by atoms with Crippen molar-refractivity contribution in [3.05, 3.63) is 34.9 Å². The molecule has 0 unspecified atom stereocenters. The van der Waals surface area contributed by atoms with E-state index in [2.05, 4.69) is 4.99 Å². The summed E-state index contributed by atoms with van der Waals surface area (Å²) in [5.41, 5.74) is 5.04. The van der Waals surface area contributed by atoms with Crippen LogP contribution in [-0.4, -0.2) is 47.8 Å². The van der Waals surface area contributed by atoms with E-state index in [-0.39, 0.29) is 31.4 Å². The highest BCUT2D eigenvalue weighted by Gasteiger charge is 2.76. The van der Waals surface area contributed by atoms with E-state index < -0.39 is 23.3 Å². The van der Waals surface area contributed by atoms with E-state index in [1.54, 1.807) is 24.3 Å². The van der Waals surface area contributed by atoms with Crippen molar-refractivity contribution < 1.29 is 18.3 Å². The van der Waals surface area contributed by atoms with Gasteiger partial charge in [-0.2, -0.15) is 0 Å². The van der Waals surface area contributed by atoms with Gasteiger partial charge in [-0.15, -0.1) is 0 Å². The predicted molar refractivity (Wildman–Crippen MR) is 89.0 cm³/mol. The number of aliphatic imine (C=N–C) groups is 1. The molecule has 1 saturated carbocycles. The van der Waals surface area contributed by atoms with E-state index in [1.807, 2.05) is 0 Å². The Labute approximate surface area is 148 Å². The molecule has 1 aliphatic heterocycles. The van der Waals surface area contributed by atoms with E-state index in [0.29, 0.717) is 10.6 Å². The van der Waals surface area contributed by atoms with Crippen LogP contribution in [-0.2, 0) is 9.53 Å². The quantitative estimate of drug-likeness (QED) is 0.631. The maximum Gasteiger partial charge on any atom is 0.289 e. The number of rotatable bonds is 3. The summed E-state index contributed by atoms with van der Waals surface area (Å²) < 4.78 is 31.4. The van der Waals surface area contributed by atoms with Gasteiger partial charge in [0.15, 0.2) is 0 Å². The van der Waals surface area contributed by atoms with E-state index in [4.69, 9.17) is 27.5 Å². The number of nitrogens with zero attached hydrogens (tertiary/aromatic N) is 2. The highest BCUT2D eigenvalue weighted by Crippen LogP contribution is 2.65. The molecule has 0 bridgehead atoms. The average molecular weight is 371 g/mol. The molecule has 1 heterocycles. The van der Waals surface area contributed by atoms with Gasteiger partial charge < -0.3 is 15.4 Å². The first kappa shape index (κ1) is 17.6. The molecule has 6 nitrogen and oxygen atoms in total. The molecular formula is C16H17ClF2N4O2. The highest BCUT2D eigenvalue weighted by atomic mass is 35.5. The monoisotopic (exact) mass is 370 g/mol. The minimum atomic E-state index is -2.66. The molecule has 3 N–H and O–H groups in total. The second kappa shape index (κ2) is 5.94. The van der Waals surface area contributed by atoms with E-state index in [9.17, 15) is 13.6 Å². The summed E-state index contributed by atoms with van der Waals surface area (Å²) in [6.07, 6.45) is -0.162. The van der Waals surface area contributed by atoms with Crippen LogP contribution in [0, 0.1) is 10.8 Å². The van der Waals surface area contributed by atoms with Crippen molar-refractivity contribution in [2.45, 2.75) is 25.3 Å². The number of nitrogens with one attached hydrogen (secondary N) is 1. The number of likely N-dealkylation sites (tertiary alicyclic amines) is 1. The lowest BCUT2D eigenvalue weighted by Gasteiger charge is -2.40. The van der Waals surface area contributed by atoms with E-state index >= 15 is 0 Å². The van der Waals surface area contributed by atoms with Crippen LogP contribution in [0.4, 0.5) is 8.78 Å². The van der Waals surface area contributed by atoms with Gasteiger partial charge in [0, 0.05) is 30.1 Å². The molecule has 1 aromatic rings. The number of benzene rings is 1. The molecule has 1 aromatic carbocycles. The standard InChI is InChI=1S/C16H17ClF2N4O2/c1-9(13(24)23-7-15(8-23)6-16(15,18)19)22-14(21)25-12(20)10-2-4-11(17)5-3-10/h2-5,9,20H,6-8H2,1H3,(H2,21,22)/t9-/m1/s1. The third kappa shape index (κ3) is 3.30. The molecule has 1 saturated heterocycles. The molecule has 3 rings (SSSR count). The summed E-state index contributed by atoms with van der Waals surface area (Å²) in [7, 11) is 0. The van der Waals surface area contributed by atoms with Gasteiger partial charge in [-0.1, -0.05) is 11.6 Å². The van der Waals surface area contributed by atoms with Crippen molar-refractivity contribution in [2.75, 3.05) is 13.1 Å². The molecule has 1 amide bonds. The Hall–Kier alpha value is -2.22. The zero-order valence-electron chi connectivity index (χ0n) is 13.4. The summed E-state index contributed by atoms with van der Waals surface area (Å²) in [5, 5.41) is 8.33. The van der Waals surface area contributed by atoms with Crippen LogP contribution in [0.25, 0.3) is 0 Å². The normalized spacial score (nSPS) is 21.4. The number of hydrogen-bond donors (Lipinski definition) is 2. The first-order valence-corrected chi connectivity index (χ1v) is 8.04. The SMILES string of the molecule is C[C@@H](N=C(N)OC(=N)c1ccc(Cl)cc1)C(=O)N1CC2(C1)CC2(F)F. The molecule has 25 heavy (non-hydrogen) atoms. The topological polar surface area (TPSA) is 91.8 Å². The Balaban J connectivity index is 1.54. The Kier molecular flexibility index (Phi) is 4.18. The fourth-order valence-electron chi connectivity index (χ4n) is 2.87. The predicted octanol–water partition coefficient (Wildman–Crippen LogP) is 2.25. The van der Waals surface area contributed by atoms with Crippen molar-refractivity contribution in [1.82, 2.24) is 4.90 Å². The van der Waals surface area contributed by atoms with Gasteiger partial charge in [0.05, 0.1) is 5.41 Å². The minimum absolute atomic E-state index is 0.0417. The first-order valence-electron chi connectivity index (χ1n) is 7.66. The summed E-state index contributed by atoms with van der Waals surface area (Å²) in [4.78, 5) is 17.4. The van der Waals surface area contributed by atoms with Crippen molar-refractivity contribution in [3.63, 3.8) is 0 Å². The third-order valence-electron chi connectivity index (χ3n) is 4.50. The maximum atomic E-state index is 13.2. The Morgan fingerprint density at radius 1 is 1.40 bits per heavy atom. The lowest BCUT2D eigenvalue weighted by molar-refractivity contribution is -0.143. The molecule has 1 atom stereocenters. The number of carbonyl (C=O) groups excluding carboxylic acids is 1. The third-order valence-corrected chi connectivity index (χ3v) is 4.75. The zero-order chi connectivity index (χ0) is 18.4. The fourth-order valence-corrected chi connectivity index (χ4v) is 2.99. The summed E-state index contributed by atoms with van der Waals surface area (Å²) in [6, 6.07) is 5.16. The lowest BCUT2D eigenvalue weighted by atomic mass is 9.95. The van der Waals surface area contributed by atoms with Crippen molar-refractivity contribution in [2.24, 2.45) is 16.1 Å². The van der Waals surface area contributed by atoms with Gasteiger partial charge in [0.25, 0.3) is 11.9 Å². The number of halogens is 3. The van der Waals surface area contributed by atoms with Gasteiger partial charge in [0.1, 0.15) is 6.04 Å². The molecule has 2 fully saturated rings. The number of hydrogen-bond acceptors (Lipinski definition) is 4. The molecule has 1 aliphatic carbocycles. The summed E-state index contributed by atoms with van der Waals surface area (Å²) >= 11 is 5.77. The van der Waals surface area contributed by atoms with Gasteiger partial charge in [-0.3, -0.25) is 10.2 Å². The van der Waals surface area contributed by atoms with Crippen LogP contribution in [0.1, 0.15) is 18.9 Å². The molecule has 1 spiro atoms. The molecule has 134 valence electrons. The average Bonchev–Trinajstić information content (AvgIpc) is 3.08. The van der Waals surface area contributed by atoms with Crippen LogP contribution < -0.4 is 5.73 Å². The molecule has 2 aliphatic rings. The van der Waals surface area contributed by atoms with E-state index in [1.165, 1.54) is 11.8 Å². The van der Waals surface area contributed by atoms with Crippen molar-refractivity contribution in [3.8, 4) is 0 Å². The minimum Gasteiger partial charge on any atom is -0.407 e. The molecule has 0 aromatic heterocycles. The number of alkyl halides is 2. The lowest BCUT2D eigenvalue weighted by Crippen LogP contribution is -2.56. The number of ether oxygens (including phenoxy) is 1. The second-order valence-electron chi connectivity index (χ2n) is 6.44. The maximum absolute atomic E-state index is 13.2. The van der Waals surface area contributed by atoms with Gasteiger partial charge in [0.2, 0.25) is 11.8 Å². The van der Waals surface area contributed by atoms with Gasteiger partial charge in [-0.05, 0) is 31.2 Å². The van der Waals surface area contributed by atoms with Crippen LogP contribution in [0.15, 0.2) is 29.3 Å². The fraction of sp³-hybridized carbons (Fsp3) is 0.438. The first-order chi connectivity index (χ1) is 11.6. The number of carbonyl (C=O) groups is 1. The number of nitrogens with two attached hydrogens (primary N) is 1. The van der Waals surface area contributed by atoms with Crippen LogP contribution in [0.3, 0.4) is 0 Å². The van der Waals surface area contributed by atoms with Crippen molar-refractivity contribution >= 4 is 29.4 Å². The summed E-state index contributed by atoms with van der Waals surface area (Å²) in [6.45, 7) is 1.58. The van der Waals surface area contributed by atoms with Gasteiger partial charge >= 0.3 is 0 Å². The van der Waals surface area contributed by atoms with Crippen molar-refractivity contribution in [1.29, 1.82) is 5.41 Å². The Morgan fingerprint density at radius 3 is 2.48 bits per heavy atom. The largest absolute Gasteiger partial charge is 0.407 e. The zero-order valence-corrected chi connectivity index (χ0v) is 14.2. The molecule has 9 heteroatoms. The Bertz CT molecular complexity index is 745. The molecular weight excluding hydrogens is 354 g/mol. The van der Waals surface area contributed by atoms with Crippen LogP contribution in [0.2, 0.25) is 5.02 Å². The highest BCUT2D eigenvalue weighted by molar-refractivity contribution is 6.30. The number of amides is 1. The van der Waals surface area contributed by atoms with Crippen LogP contribution in [0.5, 0.6) is 0 Å². The number of amidine groups is 1. The van der Waals surface area contributed by atoms with E-state index in [0.717, 1.165) is 0 Å². The smallest absolute Gasteiger partial charge is 0.289 e. The van der Waals surface area contributed by atoms with Gasteiger partial charge in [-0.25, -0.2) is 13.8 Å². The Morgan fingerprint density at radius 2 is 1.96 bits per heavy atom. The second-order valence-corrected chi connectivity index (χ2v) is 6.87. The van der Waals surface area contributed by atoms with Crippen LogP contribution >= 0.6 is 11.6 Å². The summed E-state index contributed by atoms with van der Waals surface area (Å²) in [5.74, 6) is -3.29. The molecule has 0 radical (unpaired) electrons.